The molecule has 140 valence electrons. The van der Waals surface area contributed by atoms with Gasteiger partial charge in [-0.15, -0.1) is 12.3 Å². The summed E-state index contributed by atoms with van der Waals surface area (Å²) in [7, 11) is 3.51. The molecule has 0 saturated carbocycles. The summed E-state index contributed by atoms with van der Waals surface area (Å²) in [5.41, 5.74) is 0.387. The molecule has 3 rings (SSSR count). The SMILES string of the molecule is C#CCCC1(CCC(=O)NC(c2ccccc2OC)c2nccn2C)N=N1. The summed E-state index contributed by atoms with van der Waals surface area (Å²) in [5.74, 6) is 3.94. The third-order valence-corrected chi connectivity index (χ3v) is 4.68. The number of aromatic nitrogens is 2. The highest BCUT2D eigenvalue weighted by atomic mass is 16.5. The van der Waals surface area contributed by atoms with Gasteiger partial charge >= 0.3 is 0 Å². The first-order chi connectivity index (χ1) is 13.1. The lowest BCUT2D eigenvalue weighted by Gasteiger charge is -2.21. The molecular formula is C20H23N5O2. The zero-order chi connectivity index (χ0) is 19.3. The van der Waals surface area contributed by atoms with Gasteiger partial charge in [-0.05, 0) is 6.07 Å². The van der Waals surface area contributed by atoms with E-state index >= 15 is 0 Å². The molecule has 1 unspecified atom stereocenters. The van der Waals surface area contributed by atoms with Crippen molar-refractivity contribution in [2.75, 3.05) is 7.11 Å². The third-order valence-electron chi connectivity index (χ3n) is 4.68. The lowest BCUT2D eigenvalue weighted by Crippen LogP contribution is -2.32. The largest absolute Gasteiger partial charge is 0.496 e. The lowest BCUT2D eigenvalue weighted by molar-refractivity contribution is -0.121. The summed E-state index contributed by atoms with van der Waals surface area (Å²) in [6, 6.07) is 7.19. The number of hydrogen-bond acceptors (Lipinski definition) is 5. The second kappa shape index (κ2) is 8.04. The summed E-state index contributed by atoms with van der Waals surface area (Å²) >= 11 is 0. The van der Waals surface area contributed by atoms with Crippen molar-refractivity contribution in [1.29, 1.82) is 0 Å². The molecule has 1 aromatic carbocycles. The highest BCUT2D eigenvalue weighted by Crippen LogP contribution is 2.37. The first-order valence-corrected chi connectivity index (χ1v) is 8.85. The van der Waals surface area contributed by atoms with Crippen molar-refractivity contribution in [3.05, 3.63) is 48.0 Å². The summed E-state index contributed by atoms with van der Waals surface area (Å²) in [5, 5.41) is 11.3. The van der Waals surface area contributed by atoms with Gasteiger partial charge in [-0.3, -0.25) is 4.79 Å². The van der Waals surface area contributed by atoms with Gasteiger partial charge in [0.15, 0.2) is 5.66 Å². The van der Waals surface area contributed by atoms with Crippen LogP contribution in [0.3, 0.4) is 0 Å². The van der Waals surface area contributed by atoms with Crippen molar-refractivity contribution in [1.82, 2.24) is 14.9 Å². The number of para-hydroxylation sites is 1. The number of nitrogens with zero attached hydrogens (tertiary/aromatic N) is 4. The van der Waals surface area contributed by atoms with Crippen LogP contribution in [0.1, 0.15) is 43.1 Å². The number of ether oxygens (including phenoxy) is 1. The number of terminal acetylenes is 1. The van der Waals surface area contributed by atoms with Crippen LogP contribution in [0.2, 0.25) is 0 Å². The normalized spacial score (nSPS) is 15.0. The fourth-order valence-corrected chi connectivity index (χ4v) is 3.06. The smallest absolute Gasteiger partial charge is 0.221 e. The maximum Gasteiger partial charge on any atom is 0.221 e. The van der Waals surface area contributed by atoms with Crippen LogP contribution in [0, 0.1) is 12.3 Å². The topological polar surface area (TPSA) is 80.9 Å². The van der Waals surface area contributed by atoms with E-state index in [0.29, 0.717) is 31.4 Å². The van der Waals surface area contributed by atoms with Crippen molar-refractivity contribution in [3.8, 4) is 18.1 Å². The Kier molecular flexibility index (Phi) is 5.55. The Labute approximate surface area is 158 Å². The quantitative estimate of drug-likeness (QED) is 0.694. The highest BCUT2D eigenvalue weighted by molar-refractivity contribution is 5.77. The monoisotopic (exact) mass is 365 g/mol. The molecule has 1 aromatic heterocycles. The molecule has 0 fully saturated rings. The number of amides is 1. The van der Waals surface area contributed by atoms with Crippen molar-refractivity contribution in [2.24, 2.45) is 17.3 Å². The molecule has 0 bridgehead atoms. The van der Waals surface area contributed by atoms with E-state index in [4.69, 9.17) is 11.2 Å². The number of imidazole rings is 1. The zero-order valence-electron chi connectivity index (χ0n) is 15.6. The Morgan fingerprint density at radius 1 is 1.37 bits per heavy atom. The Hall–Kier alpha value is -3.14. The van der Waals surface area contributed by atoms with E-state index in [2.05, 4.69) is 26.4 Å². The van der Waals surface area contributed by atoms with Crippen molar-refractivity contribution < 1.29 is 9.53 Å². The van der Waals surface area contributed by atoms with Crippen molar-refractivity contribution >= 4 is 5.91 Å². The fourth-order valence-electron chi connectivity index (χ4n) is 3.06. The van der Waals surface area contributed by atoms with Gasteiger partial charge < -0.3 is 14.6 Å². The number of aryl methyl sites for hydroxylation is 1. The highest BCUT2D eigenvalue weighted by Gasteiger charge is 2.39. The first kappa shape index (κ1) is 18.6. The van der Waals surface area contributed by atoms with Crippen LogP contribution < -0.4 is 10.1 Å². The molecule has 27 heavy (non-hydrogen) atoms. The number of carbonyl (C=O) groups excluding carboxylic acids is 1. The molecule has 1 atom stereocenters. The number of methoxy groups -OCH3 is 1. The van der Waals surface area contributed by atoms with Crippen LogP contribution >= 0.6 is 0 Å². The molecule has 0 spiro atoms. The van der Waals surface area contributed by atoms with Gasteiger partial charge in [-0.1, -0.05) is 18.2 Å². The van der Waals surface area contributed by atoms with Gasteiger partial charge in [-0.25, -0.2) is 4.98 Å². The molecule has 1 amide bonds. The molecule has 0 aliphatic carbocycles. The first-order valence-electron chi connectivity index (χ1n) is 8.85. The minimum absolute atomic E-state index is 0.0914. The van der Waals surface area contributed by atoms with Crippen LogP contribution in [0.15, 0.2) is 46.9 Å². The maximum atomic E-state index is 12.7. The minimum atomic E-state index is -0.465. The Morgan fingerprint density at radius 3 is 2.78 bits per heavy atom. The Morgan fingerprint density at radius 2 is 2.15 bits per heavy atom. The predicted molar refractivity (Wildman–Crippen MR) is 101 cm³/mol. The second-order valence-electron chi connectivity index (χ2n) is 6.53. The van der Waals surface area contributed by atoms with E-state index in [1.165, 1.54) is 0 Å². The molecule has 1 aliphatic rings. The van der Waals surface area contributed by atoms with Crippen LogP contribution in [0.4, 0.5) is 0 Å². The summed E-state index contributed by atoms with van der Waals surface area (Å²) in [6.07, 6.45) is 11.0. The molecule has 7 nitrogen and oxygen atoms in total. The number of carbonyl (C=O) groups is 1. The van der Waals surface area contributed by atoms with Crippen LogP contribution in [-0.4, -0.2) is 28.2 Å². The van der Waals surface area contributed by atoms with E-state index < -0.39 is 11.7 Å². The molecule has 7 heteroatoms. The van der Waals surface area contributed by atoms with Crippen LogP contribution in [0.25, 0.3) is 0 Å². The van der Waals surface area contributed by atoms with Crippen molar-refractivity contribution in [3.63, 3.8) is 0 Å². The average molecular weight is 365 g/mol. The van der Waals surface area contributed by atoms with Gasteiger partial charge in [0.05, 0.1) is 7.11 Å². The Bertz CT molecular complexity index is 874. The minimum Gasteiger partial charge on any atom is -0.496 e. The molecule has 2 heterocycles. The third kappa shape index (κ3) is 4.34. The number of rotatable bonds is 9. The number of nitrogens with one attached hydrogen (secondary N) is 1. The number of hydrogen-bond donors (Lipinski definition) is 1. The molecule has 2 aromatic rings. The standard InChI is InChI=1S/C20H23N5O2/c1-4-5-11-20(23-24-20)12-10-17(26)22-18(19-21-13-14-25(19)2)15-8-6-7-9-16(15)27-3/h1,6-9,13-14,18H,5,10-12H2,2-3H3,(H,22,26). The van der Waals surface area contributed by atoms with Crippen LogP contribution in [0.5, 0.6) is 5.75 Å². The van der Waals surface area contributed by atoms with Gasteiger partial charge in [0, 0.05) is 50.7 Å². The number of benzene rings is 1. The van der Waals surface area contributed by atoms with E-state index in [1.807, 2.05) is 42.1 Å². The van der Waals surface area contributed by atoms with Gasteiger partial charge in [0.1, 0.15) is 17.6 Å². The summed E-state index contributed by atoms with van der Waals surface area (Å²) < 4.78 is 7.36. The van der Waals surface area contributed by atoms with Gasteiger partial charge in [0.25, 0.3) is 0 Å². The van der Waals surface area contributed by atoms with E-state index in [1.54, 1.807) is 13.3 Å². The maximum absolute atomic E-state index is 12.7. The van der Waals surface area contributed by atoms with Gasteiger partial charge in [0.2, 0.25) is 5.91 Å². The van der Waals surface area contributed by atoms with Crippen LogP contribution in [-0.2, 0) is 11.8 Å². The summed E-state index contributed by atoms with van der Waals surface area (Å²) in [4.78, 5) is 17.1. The average Bonchev–Trinajstić information content (AvgIpc) is 3.34. The molecule has 0 radical (unpaired) electrons. The molecular weight excluding hydrogens is 342 g/mol. The molecule has 1 N–H and O–H groups in total. The molecule has 1 aliphatic heterocycles. The zero-order valence-corrected chi connectivity index (χ0v) is 15.6. The lowest BCUT2D eigenvalue weighted by atomic mass is 10.0. The predicted octanol–water partition coefficient (Wildman–Crippen LogP) is 2.99. The fraction of sp³-hybridized carbons (Fsp3) is 0.400. The van der Waals surface area contributed by atoms with Gasteiger partial charge in [-0.2, -0.15) is 10.2 Å². The Balaban J connectivity index is 1.74. The van der Waals surface area contributed by atoms with E-state index in [9.17, 15) is 4.79 Å². The molecule has 0 saturated heterocycles. The summed E-state index contributed by atoms with van der Waals surface area (Å²) in [6.45, 7) is 0. The van der Waals surface area contributed by atoms with E-state index in [-0.39, 0.29) is 5.91 Å². The second-order valence-corrected chi connectivity index (χ2v) is 6.53. The van der Waals surface area contributed by atoms with E-state index in [0.717, 1.165) is 11.4 Å². The van der Waals surface area contributed by atoms with Crippen molar-refractivity contribution in [2.45, 2.75) is 37.4 Å².